The number of carbonyl (C=O) groups excluding carboxylic acids is 2. The number of ether oxygens (including phenoxy) is 2. The number of furan rings is 1. The lowest BCUT2D eigenvalue weighted by Gasteiger charge is -2.23. The van der Waals surface area contributed by atoms with Gasteiger partial charge >= 0.3 is 5.97 Å². The summed E-state index contributed by atoms with van der Waals surface area (Å²) in [7, 11) is 0. The normalized spacial score (nSPS) is 15.0. The molecule has 0 atom stereocenters. The third-order valence-corrected chi connectivity index (χ3v) is 4.33. The zero-order valence-corrected chi connectivity index (χ0v) is 16.0. The molecule has 8 nitrogen and oxygen atoms in total. The average Bonchev–Trinajstić information content (AvgIpc) is 3.27. The molecule has 1 saturated heterocycles. The fourth-order valence-electron chi connectivity index (χ4n) is 2.74. The second kappa shape index (κ2) is 10.9. The summed E-state index contributed by atoms with van der Waals surface area (Å²) in [6, 6.07) is 10.3. The predicted octanol–water partition coefficient (Wildman–Crippen LogP) is 0.654. The lowest BCUT2D eigenvalue weighted by molar-refractivity contribution is -0.907. The van der Waals surface area contributed by atoms with Gasteiger partial charge in [-0.2, -0.15) is 5.10 Å². The van der Waals surface area contributed by atoms with E-state index in [0.717, 1.165) is 38.4 Å². The lowest BCUT2D eigenvalue weighted by Crippen LogP contribution is -3.14. The second-order valence-corrected chi connectivity index (χ2v) is 6.49. The predicted molar refractivity (Wildman–Crippen MR) is 107 cm³/mol. The molecule has 0 bridgehead atoms. The van der Waals surface area contributed by atoms with Gasteiger partial charge in [-0.3, -0.25) is 4.79 Å². The third-order valence-electron chi connectivity index (χ3n) is 4.33. The van der Waals surface area contributed by atoms with Gasteiger partial charge in [0, 0.05) is 6.08 Å². The summed E-state index contributed by atoms with van der Waals surface area (Å²) in [5, 5.41) is 3.97. The van der Waals surface area contributed by atoms with E-state index in [2.05, 4.69) is 10.5 Å². The van der Waals surface area contributed by atoms with E-state index < -0.39 is 5.97 Å². The molecular formula is C21H24N3O5+. The number of quaternary nitrogens is 1. The Kier molecular flexibility index (Phi) is 7.73. The summed E-state index contributed by atoms with van der Waals surface area (Å²) in [5.74, 6) is 0.363. The van der Waals surface area contributed by atoms with E-state index in [1.54, 1.807) is 42.6 Å². The van der Waals surface area contributed by atoms with Crippen LogP contribution in [-0.4, -0.2) is 50.9 Å². The summed E-state index contributed by atoms with van der Waals surface area (Å²) < 4.78 is 15.6. The van der Waals surface area contributed by atoms with Gasteiger partial charge in [-0.25, -0.2) is 10.2 Å². The number of esters is 1. The molecule has 0 radical (unpaired) electrons. The Morgan fingerprint density at radius 1 is 1.17 bits per heavy atom. The van der Waals surface area contributed by atoms with Crippen molar-refractivity contribution in [3.63, 3.8) is 0 Å². The van der Waals surface area contributed by atoms with Crippen molar-refractivity contribution in [2.45, 2.75) is 6.42 Å². The van der Waals surface area contributed by atoms with E-state index in [1.165, 1.54) is 23.3 Å². The van der Waals surface area contributed by atoms with Crippen molar-refractivity contribution in [2.75, 3.05) is 32.8 Å². The largest absolute Gasteiger partial charge is 0.465 e. The molecule has 2 aromatic rings. The zero-order valence-electron chi connectivity index (χ0n) is 16.0. The maximum absolute atomic E-state index is 11.9. The average molecular weight is 398 g/mol. The van der Waals surface area contributed by atoms with Crippen LogP contribution in [0.1, 0.15) is 17.7 Å². The number of nitrogens with zero attached hydrogens (tertiary/aromatic N) is 1. The van der Waals surface area contributed by atoms with Gasteiger partial charge in [0.25, 0.3) is 0 Å². The Bertz CT molecular complexity index is 838. The second-order valence-electron chi connectivity index (χ2n) is 6.49. The van der Waals surface area contributed by atoms with E-state index in [-0.39, 0.29) is 5.91 Å². The molecule has 0 aliphatic carbocycles. The maximum atomic E-state index is 11.9. The van der Waals surface area contributed by atoms with Crippen molar-refractivity contribution in [1.82, 2.24) is 5.43 Å². The SMILES string of the molecule is O=C(CC[NH+]1CCOCC1)N/N=C\c1ccc(OC(=O)/C=C/c2ccco2)cc1. The number of nitrogens with one attached hydrogen (secondary N) is 2. The Morgan fingerprint density at radius 2 is 1.97 bits per heavy atom. The number of hydrogen-bond donors (Lipinski definition) is 2. The molecule has 2 N–H and O–H groups in total. The van der Waals surface area contributed by atoms with Gasteiger partial charge in [0.1, 0.15) is 24.6 Å². The molecule has 1 aromatic carbocycles. The van der Waals surface area contributed by atoms with Gasteiger partial charge in [-0.05, 0) is 48.0 Å². The fourth-order valence-corrected chi connectivity index (χ4v) is 2.74. The van der Waals surface area contributed by atoms with Gasteiger partial charge < -0.3 is 18.8 Å². The van der Waals surface area contributed by atoms with Crippen LogP contribution in [0.4, 0.5) is 0 Å². The molecule has 0 saturated carbocycles. The molecule has 152 valence electrons. The number of benzene rings is 1. The smallest absolute Gasteiger partial charge is 0.336 e. The molecule has 8 heteroatoms. The first-order chi connectivity index (χ1) is 14.2. The van der Waals surface area contributed by atoms with Crippen LogP contribution in [0, 0.1) is 0 Å². The summed E-state index contributed by atoms with van der Waals surface area (Å²) in [5.41, 5.74) is 3.30. The summed E-state index contributed by atoms with van der Waals surface area (Å²) >= 11 is 0. The Morgan fingerprint density at radius 3 is 2.69 bits per heavy atom. The van der Waals surface area contributed by atoms with Crippen LogP contribution in [0.3, 0.4) is 0 Å². The van der Waals surface area contributed by atoms with E-state index in [4.69, 9.17) is 13.9 Å². The van der Waals surface area contributed by atoms with Crippen molar-refractivity contribution in [3.05, 3.63) is 60.1 Å². The number of rotatable bonds is 8. The van der Waals surface area contributed by atoms with Crippen LogP contribution in [0.15, 0.2) is 58.3 Å². The van der Waals surface area contributed by atoms with Crippen LogP contribution in [-0.2, 0) is 14.3 Å². The quantitative estimate of drug-likeness (QED) is 0.224. The van der Waals surface area contributed by atoms with Gasteiger partial charge in [-0.1, -0.05) is 0 Å². The molecule has 3 rings (SSSR count). The van der Waals surface area contributed by atoms with Crippen LogP contribution in [0.5, 0.6) is 5.75 Å². The van der Waals surface area contributed by atoms with Crippen LogP contribution < -0.4 is 15.1 Å². The number of hydrazone groups is 1. The molecule has 1 aromatic heterocycles. The highest BCUT2D eigenvalue weighted by molar-refractivity contribution is 5.88. The maximum Gasteiger partial charge on any atom is 0.336 e. The molecule has 2 heterocycles. The van der Waals surface area contributed by atoms with Crippen molar-refractivity contribution in [1.29, 1.82) is 0 Å². The van der Waals surface area contributed by atoms with Crippen molar-refractivity contribution in [2.24, 2.45) is 5.10 Å². The van der Waals surface area contributed by atoms with E-state index in [9.17, 15) is 9.59 Å². The molecule has 1 amide bonds. The van der Waals surface area contributed by atoms with E-state index in [1.807, 2.05) is 0 Å². The van der Waals surface area contributed by atoms with Crippen molar-refractivity contribution >= 4 is 24.2 Å². The number of hydrogen-bond acceptors (Lipinski definition) is 6. The Balaban J connectivity index is 1.38. The fraction of sp³-hybridized carbons (Fsp3) is 0.286. The molecule has 1 aliphatic rings. The highest BCUT2D eigenvalue weighted by Crippen LogP contribution is 2.12. The molecule has 0 unspecified atom stereocenters. The van der Waals surface area contributed by atoms with Gasteiger partial charge in [-0.15, -0.1) is 0 Å². The first kappa shape index (κ1) is 20.5. The Hall–Kier alpha value is -3.23. The number of carbonyl (C=O) groups is 2. The van der Waals surface area contributed by atoms with Crippen LogP contribution >= 0.6 is 0 Å². The van der Waals surface area contributed by atoms with Gasteiger partial charge in [0.2, 0.25) is 5.91 Å². The number of morpholine rings is 1. The molecule has 1 fully saturated rings. The van der Waals surface area contributed by atoms with E-state index in [0.29, 0.717) is 17.9 Å². The van der Waals surface area contributed by atoms with E-state index >= 15 is 0 Å². The van der Waals surface area contributed by atoms with Crippen LogP contribution in [0.2, 0.25) is 0 Å². The highest BCUT2D eigenvalue weighted by atomic mass is 16.5. The van der Waals surface area contributed by atoms with Crippen molar-refractivity contribution in [3.8, 4) is 5.75 Å². The summed E-state index contributed by atoms with van der Waals surface area (Å²) in [4.78, 5) is 25.0. The number of amides is 1. The molecular weight excluding hydrogens is 374 g/mol. The molecule has 29 heavy (non-hydrogen) atoms. The third kappa shape index (κ3) is 7.36. The van der Waals surface area contributed by atoms with Gasteiger partial charge in [0.15, 0.2) is 0 Å². The first-order valence-electron chi connectivity index (χ1n) is 9.46. The summed E-state index contributed by atoms with van der Waals surface area (Å²) in [6.45, 7) is 4.15. The van der Waals surface area contributed by atoms with Gasteiger partial charge in [0.05, 0.1) is 38.7 Å². The minimum absolute atomic E-state index is 0.117. The minimum atomic E-state index is -0.502. The monoisotopic (exact) mass is 398 g/mol. The highest BCUT2D eigenvalue weighted by Gasteiger charge is 2.14. The first-order valence-corrected chi connectivity index (χ1v) is 9.46. The molecule has 0 spiro atoms. The standard InChI is InChI=1S/C21H23N3O5/c25-20(9-10-24-11-14-27-15-12-24)23-22-16-17-3-5-19(6-4-17)29-21(26)8-7-18-2-1-13-28-18/h1-8,13,16H,9-12,14-15H2,(H,23,25)/p+1/b8-7+,22-16-. The molecule has 1 aliphatic heterocycles. The summed E-state index contributed by atoms with van der Waals surface area (Å²) in [6.07, 6.45) is 6.32. The topological polar surface area (TPSA) is 94.6 Å². The lowest BCUT2D eigenvalue weighted by atomic mass is 10.2. The minimum Gasteiger partial charge on any atom is -0.465 e. The Labute approximate surface area is 168 Å². The van der Waals surface area contributed by atoms with Crippen LogP contribution in [0.25, 0.3) is 6.08 Å². The van der Waals surface area contributed by atoms with Crippen molar-refractivity contribution < 1.29 is 28.4 Å². The zero-order chi connectivity index (χ0) is 20.3.